The molecule has 16 heavy (non-hydrogen) atoms. The van der Waals surface area contributed by atoms with Gasteiger partial charge in [0.05, 0.1) is 12.0 Å². The molecule has 0 aromatic rings. The topological polar surface area (TPSA) is 29.5 Å². The highest BCUT2D eigenvalue weighted by atomic mass is 79.9. The molecule has 0 aromatic carbocycles. The van der Waals surface area contributed by atoms with Crippen LogP contribution in [0.15, 0.2) is 0 Å². The van der Waals surface area contributed by atoms with E-state index in [9.17, 15) is 4.79 Å². The van der Waals surface area contributed by atoms with Crippen LogP contribution in [0.2, 0.25) is 0 Å². The molecule has 0 atom stereocenters. The van der Waals surface area contributed by atoms with Gasteiger partial charge in [0.1, 0.15) is 0 Å². The van der Waals surface area contributed by atoms with E-state index in [4.69, 9.17) is 4.74 Å². The Balaban J connectivity index is 2.54. The van der Waals surface area contributed by atoms with Gasteiger partial charge in [-0.15, -0.1) is 0 Å². The molecule has 4 heteroatoms. The van der Waals surface area contributed by atoms with Gasteiger partial charge in [0.25, 0.3) is 0 Å². The molecule has 0 bridgehead atoms. The van der Waals surface area contributed by atoms with Gasteiger partial charge >= 0.3 is 0 Å². The Morgan fingerprint density at radius 3 is 2.44 bits per heavy atom. The lowest BCUT2D eigenvalue weighted by Gasteiger charge is -2.41. The van der Waals surface area contributed by atoms with Crippen LogP contribution in [0.25, 0.3) is 0 Å². The summed E-state index contributed by atoms with van der Waals surface area (Å²) in [7, 11) is 1.72. The molecule has 0 saturated heterocycles. The maximum absolute atomic E-state index is 12.2. The summed E-state index contributed by atoms with van der Waals surface area (Å²) in [6, 6.07) is 0.263. The molecular formula is C12H22BrNO2. The molecule has 1 aliphatic rings. The molecule has 3 nitrogen and oxygen atoms in total. The molecule has 0 aliphatic heterocycles. The fourth-order valence-electron chi connectivity index (χ4n) is 2.16. The zero-order chi connectivity index (χ0) is 12.2. The summed E-state index contributed by atoms with van der Waals surface area (Å²) in [6.07, 6.45) is 3.76. The number of hydrogen-bond donors (Lipinski definition) is 0. The minimum atomic E-state index is -0.156. The molecule has 0 aromatic heterocycles. The van der Waals surface area contributed by atoms with Gasteiger partial charge in [-0.3, -0.25) is 4.79 Å². The molecule has 0 heterocycles. The van der Waals surface area contributed by atoms with Crippen LogP contribution < -0.4 is 0 Å². The first-order chi connectivity index (χ1) is 7.54. The van der Waals surface area contributed by atoms with Crippen LogP contribution in [0.1, 0.15) is 39.5 Å². The Kier molecular flexibility index (Phi) is 5.25. The second-order valence-corrected chi connectivity index (χ2v) is 5.58. The number of hydrogen-bond acceptors (Lipinski definition) is 2. The summed E-state index contributed by atoms with van der Waals surface area (Å²) in [5.74, 6) is 0.219. The Morgan fingerprint density at radius 2 is 2.12 bits per heavy atom. The molecule has 0 spiro atoms. The fourth-order valence-corrected chi connectivity index (χ4v) is 2.55. The van der Waals surface area contributed by atoms with Crippen molar-refractivity contribution in [3.05, 3.63) is 0 Å². The molecule has 1 fully saturated rings. The molecule has 1 amide bonds. The Morgan fingerprint density at radius 1 is 1.50 bits per heavy atom. The number of carbonyl (C=O) groups excluding carboxylic acids is 1. The summed E-state index contributed by atoms with van der Waals surface area (Å²) in [5, 5.41) is 0.830. The van der Waals surface area contributed by atoms with Crippen LogP contribution in [0.3, 0.4) is 0 Å². The van der Waals surface area contributed by atoms with Gasteiger partial charge < -0.3 is 9.64 Å². The first kappa shape index (κ1) is 14.0. The molecular weight excluding hydrogens is 270 g/mol. The van der Waals surface area contributed by atoms with E-state index >= 15 is 0 Å². The zero-order valence-electron chi connectivity index (χ0n) is 10.5. The number of amides is 1. The van der Waals surface area contributed by atoms with Crippen molar-refractivity contribution in [3.8, 4) is 0 Å². The number of rotatable bonds is 6. The average molecular weight is 292 g/mol. The van der Waals surface area contributed by atoms with Crippen LogP contribution >= 0.6 is 15.9 Å². The second kappa shape index (κ2) is 6.01. The van der Waals surface area contributed by atoms with Gasteiger partial charge in [-0.2, -0.15) is 0 Å². The lowest BCUT2D eigenvalue weighted by Crippen LogP contribution is -2.47. The van der Waals surface area contributed by atoms with Crippen molar-refractivity contribution in [2.24, 2.45) is 0 Å². The predicted octanol–water partition coefficient (Wildman–Crippen LogP) is 2.58. The third-order valence-corrected chi connectivity index (χ3v) is 3.79. The van der Waals surface area contributed by atoms with Gasteiger partial charge in [0.15, 0.2) is 0 Å². The Bertz CT molecular complexity index is 234. The van der Waals surface area contributed by atoms with Crippen molar-refractivity contribution < 1.29 is 9.53 Å². The van der Waals surface area contributed by atoms with Crippen LogP contribution in [-0.2, 0) is 9.53 Å². The minimum absolute atomic E-state index is 0.156. The maximum atomic E-state index is 12.2. The summed E-state index contributed by atoms with van der Waals surface area (Å²) in [6.45, 7) is 4.89. The average Bonchev–Trinajstić information content (AvgIpc) is 2.19. The van der Waals surface area contributed by atoms with E-state index in [0.29, 0.717) is 6.42 Å². The molecule has 1 rings (SSSR count). The Hall–Kier alpha value is -0.0900. The van der Waals surface area contributed by atoms with Crippen LogP contribution in [0, 0.1) is 0 Å². The summed E-state index contributed by atoms with van der Waals surface area (Å²) < 4.78 is 5.49. The molecule has 0 radical (unpaired) electrons. The highest BCUT2D eigenvalue weighted by molar-refractivity contribution is 9.09. The van der Waals surface area contributed by atoms with Gasteiger partial charge in [0.2, 0.25) is 5.91 Å². The third-order valence-electron chi connectivity index (χ3n) is 3.44. The van der Waals surface area contributed by atoms with E-state index in [1.54, 1.807) is 7.11 Å². The number of alkyl halides is 1. The normalized spacial score (nSPS) is 18.3. The lowest BCUT2D eigenvalue weighted by atomic mass is 9.77. The quantitative estimate of drug-likeness (QED) is 0.704. The fraction of sp³-hybridized carbons (Fsp3) is 0.917. The van der Waals surface area contributed by atoms with E-state index in [1.807, 2.05) is 4.90 Å². The molecule has 94 valence electrons. The zero-order valence-corrected chi connectivity index (χ0v) is 12.0. The molecule has 1 saturated carbocycles. The maximum Gasteiger partial charge on any atom is 0.225 e. The van der Waals surface area contributed by atoms with E-state index in [-0.39, 0.29) is 17.6 Å². The Labute approximate surface area is 107 Å². The number of halogens is 1. The summed E-state index contributed by atoms with van der Waals surface area (Å²) >= 11 is 3.39. The minimum Gasteiger partial charge on any atom is -0.378 e. The lowest BCUT2D eigenvalue weighted by molar-refractivity contribution is -0.145. The smallest absolute Gasteiger partial charge is 0.225 e. The SMILES string of the molecule is COC1(CC(=O)N(CCBr)C(C)C)CCC1. The standard InChI is InChI=1S/C12H22BrNO2/c1-10(2)14(8-7-13)11(15)9-12(16-3)5-4-6-12/h10H,4-9H2,1-3H3. The van der Waals surface area contributed by atoms with E-state index in [2.05, 4.69) is 29.8 Å². The highest BCUT2D eigenvalue weighted by Gasteiger charge is 2.40. The third kappa shape index (κ3) is 3.20. The number of ether oxygens (including phenoxy) is 1. The van der Waals surface area contributed by atoms with Crippen LogP contribution in [0.4, 0.5) is 0 Å². The van der Waals surface area contributed by atoms with E-state index in [1.165, 1.54) is 6.42 Å². The van der Waals surface area contributed by atoms with E-state index in [0.717, 1.165) is 24.7 Å². The number of nitrogens with zero attached hydrogens (tertiary/aromatic N) is 1. The number of methoxy groups -OCH3 is 1. The first-order valence-corrected chi connectivity index (χ1v) is 7.07. The van der Waals surface area contributed by atoms with Crippen molar-refractivity contribution >= 4 is 21.8 Å². The van der Waals surface area contributed by atoms with Crippen molar-refractivity contribution in [1.82, 2.24) is 4.90 Å². The van der Waals surface area contributed by atoms with Gasteiger partial charge in [-0.05, 0) is 33.1 Å². The summed E-state index contributed by atoms with van der Waals surface area (Å²) in [5.41, 5.74) is -0.156. The summed E-state index contributed by atoms with van der Waals surface area (Å²) in [4.78, 5) is 14.1. The molecule has 0 unspecified atom stereocenters. The largest absolute Gasteiger partial charge is 0.378 e. The van der Waals surface area contributed by atoms with Gasteiger partial charge in [-0.1, -0.05) is 15.9 Å². The van der Waals surface area contributed by atoms with Gasteiger partial charge in [-0.25, -0.2) is 0 Å². The molecule has 0 N–H and O–H groups in total. The highest BCUT2D eigenvalue weighted by Crippen LogP contribution is 2.38. The van der Waals surface area contributed by atoms with Crippen molar-refractivity contribution in [2.75, 3.05) is 19.0 Å². The first-order valence-electron chi connectivity index (χ1n) is 5.95. The van der Waals surface area contributed by atoms with Crippen molar-refractivity contribution in [1.29, 1.82) is 0 Å². The van der Waals surface area contributed by atoms with Crippen LogP contribution in [-0.4, -0.2) is 41.4 Å². The second-order valence-electron chi connectivity index (χ2n) is 4.79. The van der Waals surface area contributed by atoms with Crippen molar-refractivity contribution in [3.63, 3.8) is 0 Å². The van der Waals surface area contributed by atoms with Crippen molar-refractivity contribution in [2.45, 2.75) is 51.2 Å². The van der Waals surface area contributed by atoms with Crippen LogP contribution in [0.5, 0.6) is 0 Å². The van der Waals surface area contributed by atoms with E-state index < -0.39 is 0 Å². The number of carbonyl (C=O) groups is 1. The molecule has 1 aliphatic carbocycles. The van der Waals surface area contributed by atoms with Gasteiger partial charge in [0, 0.05) is 25.0 Å². The predicted molar refractivity (Wildman–Crippen MR) is 68.9 cm³/mol. The monoisotopic (exact) mass is 291 g/mol.